The second-order valence-electron chi connectivity index (χ2n) is 6.94. The first-order valence-corrected chi connectivity index (χ1v) is 8.95. The van der Waals surface area contributed by atoms with Gasteiger partial charge in [-0.1, -0.05) is 45.0 Å². The molecule has 0 heterocycles. The Balaban J connectivity index is 1.89. The Hall–Kier alpha value is -2.80. The molecule has 0 fully saturated rings. The van der Waals surface area contributed by atoms with Crippen LogP contribution >= 0.6 is 0 Å². The second-order valence-corrected chi connectivity index (χ2v) is 6.94. The molecule has 0 aromatic heterocycles. The molecule has 0 aliphatic heterocycles. The Bertz CT molecular complexity index is 756. The van der Waals surface area contributed by atoms with Crippen molar-refractivity contribution >= 4 is 5.91 Å². The number of benzene rings is 2. The van der Waals surface area contributed by atoms with E-state index in [1.807, 2.05) is 42.5 Å². The maximum Gasteiger partial charge on any atom is 0.234 e. The highest BCUT2D eigenvalue weighted by atomic mass is 16.5. The summed E-state index contributed by atoms with van der Waals surface area (Å²) in [6.45, 7) is 7.20. The maximum absolute atomic E-state index is 11.2. The van der Waals surface area contributed by atoms with Gasteiger partial charge in [0.25, 0.3) is 0 Å². The van der Waals surface area contributed by atoms with E-state index >= 15 is 0 Å². The minimum atomic E-state index is -0.234. The Morgan fingerprint density at radius 2 is 1.65 bits per heavy atom. The molecule has 2 rings (SSSR count). The summed E-state index contributed by atoms with van der Waals surface area (Å²) in [6, 6.07) is 17.9. The minimum absolute atomic E-state index is 0.0962. The summed E-state index contributed by atoms with van der Waals surface area (Å²) in [5.74, 6) is 1.36. The Morgan fingerprint density at radius 3 is 2.19 bits per heavy atom. The van der Waals surface area contributed by atoms with Crippen LogP contribution in [0.2, 0.25) is 0 Å². The SMILES string of the molecule is CCC(C)(C)c1ccc(Oc2ccc(CCNC(=O)CC#N)cc2)cc1. The van der Waals surface area contributed by atoms with E-state index in [0.717, 1.165) is 29.9 Å². The smallest absolute Gasteiger partial charge is 0.234 e. The lowest BCUT2D eigenvalue weighted by molar-refractivity contribution is -0.120. The number of hydrogen-bond acceptors (Lipinski definition) is 3. The van der Waals surface area contributed by atoms with Crippen molar-refractivity contribution in [2.24, 2.45) is 0 Å². The van der Waals surface area contributed by atoms with E-state index in [0.29, 0.717) is 6.54 Å². The van der Waals surface area contributed by atoms with Crippen molar-refractivity contribution in [2.75, 3.05) is 6.54 Å². The molecule has 0 bridgehead atoms. The van der Waals surface area contributed by atoms with Gasteiger partial charge in [0.2, 0.25) is 5.91 Å². The van der Waals surface area contributed by atoms with Gasteiger partial charge < -0.3 is 10.1 Å². The molecular weight excluding hydrogens is 324 g/mol. The molecule has 4 nitrogen and oxygen atoms in total. The standard InChI is InChI=1S/C22H26N2O2/c1-4-22(2,3)18-7-11-20(12-8-18)26-19-9-5-17(6-10-19)14-16-24-21(25)13-15-23/h5-12H,4,13-14,16H2,1-3H3,(H,24,25). The summed E-state index contributed by atoms with van der Waals surface area (Å²) in [5, 5.41) is 11.2. The van der Waals surface area contributed by atoms with Crippen LogP contribution in [0, 0.1) is 11.3 Å². The number of rotatable bonds is 8. The van der Waals surface area contributed by atoms with Crippen LogP contribution in [-0.4, -0.2) is 12.5 Å². The molecular formula is C22H26N2O2. The number of ether oxygens (including phenoxy) is 1. The largest absolute Gasteiger partial charge is 0.457 e. The van der Waals surface area contributed by atoms with Crippen LogP contribution in [0.5, 0.6) is 11.5 Å². The molecule has 0 saturated carbocycles. The van der Waals surface area contributed by atoms with Crippen LogP contribution in [0.1, 0.15) is 44.7 Å². The molecule has 0 aliphatic rings. The monoisotopic (exact) mass is 350 g/mol. The summed E-state index contributed by atoms with van der Waals surface area (Å²) in [5.41, 5.74) is 2.58. The molecule has 0 aliphatic carbocycles. The molecule has 26 heavy (non-hydrogen) atoms. The van der Waals surface area contributed by atoms with E-state index in [1.54, 1.807) is 0 Å². The van der Waals surface area contributed by atoms with Gasteiger partial charge in [-0.05, 0) is 53.6 Å². The molecule has 4 heteroatoms. The number of carbonyl (C=O) groups excluding carboxylic acids is 1. The summed E-state index contributed by atoms with van der Waals surface area (Å²) in [7, 11) is 0. The Morgan fingerprint density at radius 1 is 1.08 bits per heavy atom. The van der Waals surface area contributed by atoms with Gasteiger partial charge in [0.1, 0.15) is 17.9 Å². The normalized spacial score (nSPS) is 10.8. The molecule has 0 radical (unpaired) electrons. The highest BCUT2D eigenvalue weighted by molar-refractivity contribution is 5.77. The van der Waals surface area contributed by atoms with Gasteiger partial charge in [-0.2, -0.15) is 5.26 Å². The fraction of sp³-hybridized carbons (Fsp3) is 0.364. The van der Waals surface area contributed by atoms with E-state index in [4.69, 9.17) is 10.00 Å². The predicted molar refractivity (Wildman–Crippen MR) is 103 cm³/mol. The van der Waals surface area contributed by atoms with Gasteiger partial charge in [-0.25, -0.2) is 0 Å². The molecule has 2 aromatic rings. The van der Waals surface area contributed by atoms with Crippen LogP contribution in [0.3, 0.4) is 0 Å². The van der Waals surface area contributed by atoms with E-state index in [1.165, 1.54) is 5.56 Å². The number of nitrogens with zero attached hydrogens (tertiary/aromatic N) is 1. The predicted octanol–water partition coefficient (Wildman–Crippen LogP) is 4.74. The summed E-state index contributed by atoms with van der Waals surface area (Å²) in [4.78, 5) is 11.2. The van der Waals surface area contributed by atoms with Gasteiger partial charge in [0.05, 0.1) is 6.07 Å². The zero-order valence-electron chi connectivity index (χ0n) is 15.7. The summed E-state index contributed by atoms with van der Waals surface area (Å²) in [6.07, 6.45) is 1.71. The first-order valence-electron chi connectivity index (χ1n) is 8.95. The van der Waals surface area contributed by atoms with Crippen molar-refractivity contribution in [1.82, 2.24) is 5.32 Å². The van der Waals surface area contributed by atoms with E-state index in [2.05, 4.69) is 38.2 Å². The minimum Gasteiger partial charge on any atom is -0.457 e. The lowest BCUT2D eigenvalue weighted by Crippen LogP contribution is -2.24. The lowest BCUT2D eigenvalue weighted by atomic mass is 9.82. The molecule has 1 amide bonds. The van der Waals surface area contributed by atoms with Crippen LogP contribution in [-0.2, 0) is 16.6 Å². The Labute approximate surface area is 155 Å². The first kappa shape index (κ1) is 19.5. The zero-order chi connectivity index (χ0) is 19.0. The maximum atomic E-state index is 11.2. The van der Waals surface area contributed by atoms with Gasteiger partial charge >= 0.3 is 0 Å². The number of carbonyl (C=O) groups is 1. The van der Waals surface area contributed by atoms with Crippen molar-refractivity contribution in [1.29, 1.82) is 5.26 Å². The fourth-order valence-electron chi connectivity index (χ4n) is 2.52. The fourth-order valence-corrected chi connectivity index (χ4v) is 2.52. The third-order valence-electron chi connectivity index (χ3n) is 4.65. The molecule has 0 unspecified atom stereocenters. The van der Waals surface area contributed by atoms with E-state index in [9.17, 15) is 4.79 Å². The molecule has 0 spiro atoms. The van der Waals surface area contributed by atoms with Gasteiger partial charge in [-0.15, -0.1) is 0 Å². The zero-order valence-corrected chi connectivity index (χ0v) is 15.7. The number of hydrogen-bond donors (Lipinski definition) is 1. The number of amides is 1. The number of nitrogens with one attached hydrogen (secondary N) is 1. The molecule has 0 atom stereocenters. The van der Waals surface area contributed by atoms with Crippen LogP contribution < -0.4 is 10.1 Å². The molecule has 1 N–H and O–H groups in total. The average Bonchev–Trinajstić information content (AvgIpc) is 2.64. The topological polar surface area (TPSA) is 62.1 Å². The quantitative estimate of drug-likeness (QED) is 0.748. The van der Waals surface area contributed by atoms with E-state index in [-0.39, 0.29) is 17.7 Å². The second kappa shape index (κ2) is 9.05. The summed E-state index contributed by atoms with van der Waals surface area (Å²) < 4.78 is 5.90. The lowest BCUT2D eigenvalue weighted by Gasteiger charge is -2.23. The summed E-state index contributed by atoms with van der Waals surface area (Å²) >= 11 is 0. The number of nitriles is 1. The van der Waals surface area contributed by atoms with Crippen molar-refractivity contribution in [3.8, 4) is 17.6 Å². The average molecular weight is 350 g/mol. The van der Waals surface area contributed by atoms with Crippen molar-refractivity contribution in [3.63, 3.8) is 0 Å². The van der Waals surface area contributed by atoms with Crippen molar-refractivity contribution in [3.05, 3.63) is 59.7 Å². The molecule has 2 aromatic carbocycles. The highest BCUT2D eigenvalue weighted by Gasteiger charge is 2.17. The van der Waals surface area contributed by atoms with E-state index < -0.39 is 0 Å². The third-order valence-corrected chi connectivity index (χ3v) is 4.65. The first-order chi connectivity index (χ1) is 12.4. The van der Waals surface area contributed by atoms with Crippen LogP contribution in [0.15, 0.2) is 48.5 Å². The van der Waals surface area contributed by atoms with Gasteiger partial charge in [0, 0.05) is 6.54 Å². The van der Waals surface area contributed by atoms with Crippen LogP contribution in [0.25, 0.3) is 0 Å². The van der Waals surface area contributed by atoms with Crippen molar-refractivity contribution in [2.45, 2.75) is 45.4 Å². The van der Waals surface area contributed by atoms with Crippen molar-refractivity contribution < 1.29 is 9.53 Å². The third kappa shape index (κ3) is 5.63. The van der Waals surface area contributed by atoms with Crippen LogP contribution in [0.4, 0.5) is 0 Å². The van der Waals surface area contributed by atoms with Gasteiger partial charge in [-0.3, -0.25) is 4.79 Å². The van der Waals surface area contributed by atoms with Gasteiger partial charge in [0.15, 0.2) is 0 Å². The molecule has 0 saturated heterocycles. The Kier molecular flexibility index (Phi) is 6.80. The molecule has 136 valence electrons. The highest BCUT2D eigenvalue weighted by Crippen LogP contribution is 2.29.